The minimum Gasteiger partial charge on any atom is -0.307 e. The fraction of sp³-hybridized carbons (Fsp3) is 0.0588. The van der Waals surface area contributed by atoms with Crippen molar-refractivity contribution in [2.75, 3.05) is 10.6 Å². The summed E-state index contributed by atoms with van der Waals surface area (Å²) >= 11 is 0. The summed E-state index contributed by atoms with van der Waals surface area (Å²) in [6.45, 7) is 0. The lowest BCUT2D eigenvalue weighted by Gasteiger charge is -2.07. The van der Waals surface area contributed by atoms with Crippen molar-refractivity contribution < 1.29 is 13.6 Å². The van der Waals surface area contributed by atoms with Crippen LogP contribution in [0.25, 0.3) is 11.3 Å². The molecular formula is C17H14F2N4O. The van der Waals surface area contributed by atoms with Gasteiger partial charge in [-0.05, 0) is 12.1 Å². The molecule has 0 spiro atoms. The molecule has 1 aromatic heterocycles. The van der Waals surface area contributed by atoms with Crippen LogP contribution in [0.2, 0.25) is 0 Å². The number of hydrogen-bond acceptors (Lipinski definition) is 2. The molecule has 0 aliphatic carbocycles. The average Bonchev–Trinajstić information content (AvgIpc) is 2.88. The minimum atomic E-state index is -0.766. The van der Waals surface area contributed by atoms with Gasteiger partial charge in [-0.2, -0.15) is 5.10 Å². The number of amides is 2. The first-order chi connectivity index (χ1) is 11.5. The lowest BCUT2D eigenvalue weighted by Crippen LogP contribution is -2.21. The number of nitrogens with zero attached hydrogens (tertiary/aromatic N) is 2. The van der Waals surface area contributed by atoms with Crippen LogP contribution in [-0.2, 0) is 7.05 Å². The largest absolute Gasteiger partial charge is 0.324 e. The molecule has 2 amide bonds. The van der Waals surface area contributed by atoms with Gasteiger partial charge in [0.25, 0.3) is 0 Å². The van der Waals surface area contributed by atoms with E-state index < -0.39 is 17.7 Å². The predicted molar refractivity (Wildman–Crippen MR) is 87.6 cm³/mol. The molecule has 2 aromatic carbocycles. The van der Waals surface area contributed by atoms with E-state index in [1.807, 2.05) is 30.3 Å². The van der Waals surface area contributed by atoms with Crippen molar-refractivity contribution in [2.45, 2.75) is 0 Å². The van der Waals surface area contributed by atoms with Gasteiger partial charge in [0.05, 0.1) is 5.69 Å². The summed E-state index contributed by atoms with van der Waals surface area (Å²) in [4.78, 5) is 12.0. The highest BCUT2D eigenvalue weighted by atomic mass is 19.1. The molecule has 0 aliphatic rings. The van der Waals surface area contributed by atoms with Crippen LogP contribution in [-0.4, -0.2) is 15.8 Å². The summed E-state index contributed by atoms with van der Waals surface area (Å²) < 4.78 is 27.8. The summed E-state index contributed by atoms with van der Waals surface area (Å²) in [5.74, 6) is -1.09. The molecule has 0 saturated heterocycles. The number of anilines is 2. The van der Waals surface area contributed by atoms with Gasteiger partial charge in [-0.3, -0.25) is 10.00 Å². The molecule has 0 saturated carbocycles. The van der Waals surface area contributed by atoms with Gasteiger partial charge in [0.2, 0.25) is 0 Å². The van der Waals surface area contributed by atoms with Crippen LogP contribution in [0.3, 0.4) is 0 Å². The van der Waals surface area contributed by atoms with Crippen LogP contribution in [0.4, 0.5) is 25.1 Å². The van der Waals surface area contributed by atoms with Gasteiger partial charge >= 0.3 is 6.03 Å². The third-order valence-electron chi connectivity index (χ3n) is 3.31. The molecule has 122 valence electrons. The Balaban J connectivity index is 1.74. The van der Waals surface area contributed by atoms with Crippen molar-refractivity contribution in [1.29, 1.82) is 0 Å². The van der Waals surface area contributed by atoms with Crippen molar-refractivity contribution in [3.8, 4) is 11.3 Å². The van der Waals surface area contributed by atoms with Gasteiger partial charge in [0, 0.05) is 30.4 Å². The second-order valence-electron chi connectivity index (χ2n) is 5.14. The van der Waals surface area contributed by atoms with E-state index in [2.05, 4.69) is 15.7 Å². The molecule has 0 unspecified atom stereocenters. The van der Waals surface area contributed by atoms with Crippen LogP contribution in [0, 0.1) is 11.6 Å². The maximum absolute atomic E-state index is 13.1. The molecule has 24 heavy (non-hydrogen) atoms. The van der Waals surface area contributed by atoms with E-state index in [-0.39, 0.29) is 5.69 Å². The highest BCUT2D eigenvalue weighted by molar-refractivity contribution is 5.99. The molecule has 2 N–H and O–H groups in total. The first kappa shape index (κ1) is 15.7. The number of benzene rings is 2. The predicted octanol–water partition coefficient (Wildman–Crippen LogP) is 4.01. The SMILES string of the molecule is Cn1nc(-c2ccccc2)cc1NC(=O)Nc1cc(F)cc(F)c1. The maximum atomic E-state index is 13.1. The molecule has 0 fully saturated rings. The van der Waals surface area contributed by atoms with Crippen LogP contribution in [0.15, 0.2) is 54.6 Å². The molecule has 3 rings (SSSR count). The van der Waals surface area contributed by atoms with Gasteiger partial charge < -0.3 is 5.32 Å². The first-order valence-corrected chi connectivity index (χ1v) is 7.15. The summed E-state index contributed by atoms with van der Waals surface area (Å²) in [6.07, 6.45) is 0. The maximum Gasteiger partial charge on any atom is 0.324 e. The fourth-order valence-corrected chi connectivity index (χ4v) is 2.24. The highest BCUT2D eigenvalue weighted by Crippen LogP contribution is 2.21. The van der Waals surface area contributed by atoms with E-state index in [9.17, 15) is 13.6 Å². The molecule has 0 radical (unpaired) electrons. The number of hydrogen-bond donors (Lipinski definition) is 2. The number of halogens is 2. The number of carbonyl (C=O) groups is 1. The minimum absolute atomic E-state index is 0.0236. The molecule has 5 nitrogen and oxygen atoms in total. The van der Waals surface area contributed by atoms with Crippen molar-refractivity contribution >= 4 is 17.5 Å². The number of aryl methyl sites for hydroxylation is 1. The van der Waals surface area contributed by atoms with Crippen LogP contribution in [0.5, 0.6) is 0 Å². The number of rotatable bonds is 3. The quantitative estimate of drug-likeness (QED) is 0.763. The van der Waals surface area contributed by atoms with Crippen LogP contribution < -0.4 is 10.6 Å². The van der Waals surface area contributed by atoms with Crippen molar-refractivity contribution in [3.05, 3.63) is 66.2 Å². The van der Waals surface area contributed by atoms with Gasteiger partial charge in [-0.25, -0.2) is 13.6 Å². The number of carbonyl (C=O) groups excluding carboxylic acids is 1. The number of aromatic nitrogens is 2. The Labute approximate surface area is 136 Å². The van der Waals surface area contributed by atoms with Crippen LogP contribution >= 0.6 is 0 Å². The Bertz CT molecular complexity index is 857. The van der Waals surface area contributed by atoms with Gasteiger partial charge in [-0.1, -0.05) is 30.3 Å². The van der Waals surface area contributed by atoms with E-state index in [1.165, 1.54) is 4.68 Å². The molecular weight excluding hydrogens is 314 g/mol. The van der Waals surface area contributed by atoms with Gasteiger partial charge in [-0.15, -0.1) is 0 Å². The summed E-state index contributed by atoms with van der Waals surface area (Å²) in [7, 11) is 1.68. The summed E-state index contributed by atoms with van der Waals surface area (Å²) in [5, 5.41) is 9.29. The van der Waals surface area contributed by atoms with Crippen molar-refractivity contribution in [1.82, 2.24) is 9.78 Å². The van der Waals surface area contributed by atoms with Crippen molar-refractivity contribution in [2.24, 2.45) is 7.05 Å². The van der Waals surface area contributed by atoms with E-state index >= 15 is 0 Å². The molecule has 0 bridgehead atoms. The Kier molecular flexibility index (Phi) is 4.24. The molecule has 0 atom stereocenters. The molecule has 0 aliphatic heterocycles. The average molecular weight is 328 g/mol. The monoisotopic (exact) mass is 328 g/mol. The lowest BCUT2D eigenvalue weighted by atomic mass is 10.2. The zero-order valence-electron chi connectivity index (χ0n) is 12.8. The van der Waals surface area contributed by atoms with Gasteiger partial charge in [0.15, 0.2) is 0 Å². The second kappa shape index (κ2) is 6.49. The lowest BCUT2D eigenvalue weighted by molar-refractivity contribution is 0.262. The smallest absolute Gasteiger partial charge is 0.307 e. The topological polar surface area (TPSA) is 59.0 Å². The first-order valence-electron chi connectivity index (χ1n) is 7.15. The third kappa shape index (κ3) is 3.57. The molecule has 3 aromatic rings. The Morgan fingerprint density at radius 1 is 1.00 bits per heavy atom. The number of urea groups is 1. The Morgan fingerprint density at radius 3 is 2.33 bits per heavy atom. The Hall–Kier alpha value is -3.22. The highest BCUT2D eigenvalue weighted by Gasteiger charge is 2.11. The second-order valence-corrected chi connectivity index (χ2v) is 5.14. The van der Waals surface area contributed by atoms with E-state index in [4.69, 9.17) is 0 Å². The standard InChI is InChI=1S/C17H14F2N4O/c1-23-16(10-15(22-23)11-5-3-2-4-6-11)21-17(24)20-14-8-12(18)7-13(19)9-14/h2-10H,1H3,(H2,20,21,24). The zero-order chi connectivity index (χ0) is 17.1. The van der Waals surface area contributed by atoms with E-state index in [1.54, 1.807) is 13.1 Å². The van der Waals surface area contributed by atoms with Gasteiger partial charge in [0.1, 0.15) is 17.5 Å². The number of nitrogens with one attached hydrogen (secondary N) is 2. The van der Waals surface area contributed by atoms with Crippen LogP contribution in [0.1, 0.15) is 0 Å². The molecule has 1 heterocycles. The fourth-order valence-electron chi connectivity index (χ4n) is 2.24. The third-order valence-corrected chi connectivity index (χ3v) is 3.31. The summed E-state index contributed by atoms with van der Waals surface area (Å²) in [5.41, 5.74) is 1.63. The summed E-state index contributed by atoms with van der Waals surface area (Å²) in [6, 6.07) is 13.4. The van der Waals surface area contributed by atoms with Crippen molar-refractivity contribution in [3.63, 3.8) is 0 Å². The van der Waals surface area contributed by atoms with E-state index in [0.717, 1.165) is 23.8 Å². The normalized spacial score (nSPS) is 10.5. The molecule has 7 heteroatoms. The van der Waals surface area contributed by atoms with E-state index in [0.29, 0.717) is 11.5 Å². The zero-order valence-corrected chi connectivity index (χ0v) is 12.8. The Morgan fingerprint density at radius 2 is 1.67 bits per heavy atom.